The maximum absolute atomic E-state index is 12.2. The van der Waals surface area contributed by atoms with Crippen LogP contribution in [0.1, 0.15) is 22.8 Å². The number of carbonyl (C=O) groups excluding carboxylic acids is 2. The van der Waals surface area contributed by atoms with Gasteiger partial charge in [0.25, 0.3) is 5.91 Å². The molecule has 0 aliphatic rings. The molecule has 2 N–H and O–H groups in total. The third-order valence-electron chi connectivity index (χ3n) is 2.94. The van der Waals surface area contributed by atoms with E-state index in [4.69, 9.17) is 11.6 Å². The van der Waals surface area contributed by atoms with Gasteiger partial charge in [-0.05, 0) is 35.9 Å². The van der Waals surface area contributed by atoms with Crippen LogP contribution in [-0.4, -0.2) is 11.8 Å². The Hall–Kier alpha value is -1.85. The van der Waals surface area contributed by atoms with E-state index in [1.54, 1.807) is 42.5 Å². The van der Waals surface area contributed by atoms with Crippen LogP contribution in [0.2, 0.25) is 5.02 Å². The van der Waals surface area contributed by atoms with E-state index < -0.39 is 0 Å². The summed E-state index contributed by atoms with van der Waals surface area (Å²) in [4.78, 5) is 23.0. The van der Waals surface area contributed by atoms with Crippen LogP contribution in [0, 0.1) is 0 Å². The van der Waals surface area contributed by atoms with E-state index in [0.29, 0.717) is 22.8 Å². The van der Waals surface area contributed by atoms with Crippen LogP contribution in [0.15, 0.2) is 46.9 Å². The molecule has 4 nitrogen and oxygen atoms in total. The number of halogens is 2. The molecule has 114 valence electrons. The SMILES string of the molecule is CC(=O)NCc1ccc(C(=O)Nc2ccc(Br)cc2Cl)cc1. The zero-order valence-electron chi connectivity index (χ0n) is 11.8. The van der Waals surface area contributed by atoms with E-state index in [0.717, 1.165) is 10.0 Å². The molecule has 0 bridgehead atoms. The van der Waals surface area contributed by atoms with E-state index >= 15 is 0 Å². The molecule has 2 aromatic rings. The molecule has 2 aromatic carbocycles. The predicted octanol–water partition coefficient (Wildman–Crippen LogP) is 3.99. The lowest BCUT2D eigenvalue weighted by atomic mass is 10.1. The van der Waals surface area contributed by atoms with Gasteiger partial charge in [0.15, 0.2) is 0 Å². The highest BCUT2D eigenvalue weighted by atomic mass is 79.9. The molecule has 6 heteroatoms. The predicted molar refractivity (Wildman–Crippen MR) is 91.1 cm³/mol. The second-order valence-electron chi connectivity index (χ2n) is 4.68. The van der Waals surface area contributed by atoms with Gasteiger partial charge in [0.2, 0.25) is 5.91 Å². The molecule has 2 amide bonds. The molecule has 0 atom stereocenters. The maximum atomic E-state index is 12.2. The molecule has 0 aliphatic carbocycles. The number of anilines is 1. The molecule has 0 heterocycles. The molecule has 0 saturated carbocycles. The fraction of sp³-hybridized carbons (Fsp3) is 0.125. The Morgan fingerprint density at radius 3 is 2.41 bits per heavy atom. The first-order valence-electron chi connectivity index (χ1n) is 6.55. The lowest BCUT2D eigenvalue weighted by Gasteiger charge is -2.08. The molecule has 22 heavy (non-hydrogen) atoms. The normalized spacial score (nSPS) is 10.1. The molecular formula is C16H14BrClN2O2. The summed E-state index contributed by atoms with van der Waals surface area (Å²) >= 11 is 9.39. The summed E-state index contributed by atoms with van der Waals surface area (Å²) in [5.41, 5.74) is 2.00. The van der Waals surface area contributed by atoms with Crippen molar-refractivity contribution in [3.63, 3.8) is 0 Å². The fourth-order valence-corrected chi connectivity index (χ4v) is 2.51. The number of hydrogen-bond acceptors (Lipinski definition) is 2. The third kappa shape index (κ3) is 4.58. The Balaban J connectivity index is 2.04. The Labute approximate surface area is 142 Å². The van der Waals surface area contributed by atoms with Gasteiger partial charge in [-0.2, -0.15) is 0 Å². The average molecular weight is 382 g/mol. The molecule has 0 saturated heterocycles. The molecule has 0 unspecified atom stereocenters. The van der Waals surface area contributed by atoms with E-state index in [1.807, 2.05) is 0 Å². The highest BCUT2D eigenvalue weighted by Crippen LogP contribution is 2.26. The van der Waals surface area contributed by atoms with E-state index in [2.05, 4.69) is 26.6 Å². The minimum Gasteiger partial charge on any atom is -0.352 e. The average Bonchev–Trinajstić information content (AvgIpc) is 2.48. The minimum absolute atomic E-state index is 0.0910. The smallest absolute Gasteiger partial charge is 0.255 e. The standard InChI is InChI=1S/C16H14BrClN2O2/c1-10(21)19-9-11-2-4-12(5-3-11)16(22)20-15-7-6-13(17)8-14(15)18/h2-8H,9H2,1H3,(H,19,21)(H,20,22). The van der Waals surface area contributed by atoms with E-state index in [9.17, 15) is 9.59 Å². The van der Waals surface area contributed by atoms with Gasteiger partial charge in [0.05, 0.1) is 10.7 Å². The maximum Gasteiger partial charge on any atom is 0.255 e. The quantitative estimate of drug-likeness (QED) is 0.841. The van der Waals surface area contributed by atoms with Crippen LogP contribution in [0.25, 0.3) is 0 Å². The molecule has 0 fully saturated rings. The highest BCUT2D eigenvalue weighted by Gasteiger charge is 2.09. The summed E-state index contributed by atoms with van der Waals surface area (Å²) < 4.78 is 0.845. The molecule has 0 aliphatic heterocycles. The summed E-state index contributed by atoms with van der Waals surface area (Å²) in [6.07, 6.45) is 0. The Morgan fingerprint density at radius 2 is 1.82 bits per heavy atom. The summed E-state index contributed by atoms with van der Waals surface area (Å²) in [7, 11) is 0. The number of hydrogen-bond donors (Lipinski definition) is 2. The molecular weight excluding hydrogens is 368 g/mol. The summed E-state index contributed by atoms with van der Waals surface area (Å²) in [6, 6.07) is 12.3. The van der Waals surface area contributed by atoms with Crippen molar-refractivity contribution in [2.45, 2.75) is 13.5 Å². The lowest BCUT2D eigenvalue weighted by molar-refractivity contribution is -0.119. The van der Waals surface area contributed by atoms with Crippen LogP contribution in [0.3, 0.4) is 0 Å². The van der Waals surface area contributed by atoms with Gasteiger partial charge in [0.1, 0.15) is 0 Å². The summed E-state index contributed by atoms with van der Waals surface area (Å²) in [5, 5.41) is 5.93. The van der Waals surface area contributed by atoms with Gasteiger partial charge in [0, 0.05) is 23.5 Å². The zero-order valence-corrected chi connectivity index (χ0v) is 14.2. The van der Waals surface area contributed by atoms with Gasteiger partial charge >= 0.3 is 0 Å². The largest absolute Gasteiger partial charge is 0.352 e. The van der Waals surface area contributed by atoms with Crippen molar-refractivity contribution in [3.8, 4) is 0 Å². The number of benzene rings is 2. The Kier molecular flexibility index (Phi) is 5.57. The molecule has 0 aromatic heterocycles. The van der Waals surface area contributed by atoms with Crippen molar-refractivity contribution in [3.05, 3.63) is 63.1 Å². The summed E-state index contributed by atoms with van der Waals surface area (Å²) in [6.45, 7) is 1.90. The lowest BCUT2D eigenvalue weighted by Crippen LogP contribution is -2.19. The molecule has 0 radical (unpaired) electrons. The number of carbonyl (C=O) groups is 2. The third-order valence-corrected chi connectivity index (χ3v) is 3.74. The van der Waals surface area contributed by atoms with Gasteiger partial charge in [-0.15, -0.1) is 0 Å². The second kappa shape index (κ2) is 7.42. The van der Waals surface area contributed by atoms with Gasteiger partial charge in [-0.1, -0.05) is 39.7 Å². The topological polar surface area (TPSA) is 58.2 Å². The minimum atomic E-state index is -0.240. The second-order valence-corrected chi connectivity index (χ2v) is 6.01. The van der Waals surface area contributed by atoms with Crippen molar-refractivity contribution in [1.29, 1.82) is 0 Å². The highest BCUT2D eigenvalue weighted by molar-refractivity contribution is 9.10. The van der Waals surface area contributed by atoms with Crippen molar-refractivity contribution in [2.75, 3.05) is 5.32 Å². The van der Waals surface area contributed by atoms with E-state index in [-0.39, 0.29) is 11.8 Å². The monoisotopic (exact) mass is 380 g/mol. The van der Waals surface area contributed by atoms with Crippen molar-refractivity contribution < 1.29 is 9.59 Å². The van der Waals surface area contributed by atoms with Gasteiger partial charge in [-0.3, -0.25) is 9.59 Å². The number of amides is 2. The van der Waals surface area contributed by atoms with Crippen LogP contribution in [0.5, 0.6) is 0 Å². The number of rotatable bonds is 4. The van der Waals surface area contributed by atoms with Crippen LogP contribution < -0.4 is 10.6 Å². The van der Waals surface area contributed by atoms with E-state index in [1.165, 1.54) is 6.92 Å². The Morgan fingerprint density at radius 1 is 1.14 bits per heavy atom. The van der Waals surface area contributed by atoms with Gasteiger partial charge < -0.3 is 10.6 Å². The summed E-state index contributed by atoms with van der Waals surface area (Å²) in [5.74, 6) is -0.331. The first-order valence-corrected chi connectivity index (χ1v) is 7.72. The van der Waals surface area contributed by atoms with Crippen LogP contribution in [-0.2, 0) is 11.3 Å². The van der Waals surface area contributed by atoms with Crippen molar-refractivity contribution in [1.82, 2.24) is 5.32 Å². The van der Waals surface area contributed by atoms with Crippen molar-refractivity contribution in [2.24, 2.45) is 0 Å². The number of nitrogens with one attached hydrogen (secondary N) is 2. The Bertz CT molecular complexity index is 702. The van der Waals surface area contributed by atoms with Crippen LogP contribution >= 0.6 is 27.5 Å². The molecule has 2 rings (SSSR count). The van der Waals surface area contributed by atoms with Crippen LogP contribution in [0.4, 0.5) is 5.69 Å². The first-order chi connectivity index (χ1) is 10.5. The van der Waals surface area contributed by atoms with Crippen molar-refractivity contribution >= 4 is 45.0 Å². The first kappa shape index (κ1) is 16.5. The fourth-order valence-electron chi connectivity index (χ4n) is 1.79. The van der Waals surface area contributed by atoms with Gasteiger partial charge in [-0.25, -0.2) is 0 Å². The zero-order chi connectivity index (χ0) is 16.1. The molecule has 0 spiro atoms.